The molecular formula is C14H14ClN3. The molecule has 18 heavy (non-hydrogen) atoms. The van der Waals surface area contributed by atoms with Crippen molar-refractivity contribution in [3.63, 3.8) is 0 Å². The molecule has 3 rings (SSSR count). The number of aromatic nitrogens is 2. The van der Waals surface area contributed by atoms with Crippen LogP contribution in [0.5, 0.6) is 0 Å². The summed E-state index contributed by atoms with van der Waals surface area (Å²) in [6.07, 6.45) is 4.49. The fourth-order valence-electron chi connectivity index (χ4n) is 2.45. The molecule has 1 unspecified atom stereocenters. The van der Waals surface area contributed by atoms with Crippen LogP contribution in [0.1, 0.15) is 17.9 Å². The highest BCUT2D eigenvalue weighted by Gasteiger charge is 2.24. The van der Waals surface area contributed by atoms with Crippen LogP contribution >= 0.6 is 11.6 Å². The second-order valence-electron chi connectivity index (χ2n) is 4.54. The number of hydrogen-bond donors (Lipinski definition) is 0. The van der Waals surface area contributed by atoms with Gasteiger partial charge in [-0.3, -0.25) is 4.98 Å². The molecule has 1 fully saturated rings. The Morgan fingerprint density at radius 1 is 1.17 bits per heavy atom. The van der Waals surface area contributed by atoms with Crippen molar-refractivity contribution in [3.8, 4) is 0 Å². The molecule has 0 N–H and O–H groups in total. The maximum atomic E-state index is 5.88. The summed E-state index contributed by atoms with van der Waals surface area (Å²) in [6.45, 7) is 1.99. The SMILES string of the molecule is Clc1cncc(N2CCC(c3ccccc3)C2)n1. The van der Waals surface area contributed by atoms with Gasteiger partial charge in [0.25, 0.3) is 0 Å². The monoisotopic (exact) mass is 259 g/mol. The van der Waals surface area contributed by atoms with Crippen molar-refractivity contribution >= 4 is 17.4 Å². The molecular weight excluding hydrogens is 246 g/mol. The van der Waals surface area contributed by atoms with E-state index in [4.69, 9.17) is 11.6 Å². The molecule has 92 valence electrons. The third kappa shape index (κ3) is 2.31. The normalized spacial score (nSPS) is 19.2. The first-order valence-corrected chi connectivity index (χ1v) is 6.48. The molecule has 1 atom stereocenters. The Morgan fingerprint density at radius 2 is 2.00 bits per heavy atom. The summed E-state index contributed by atoms with van der Waals surface area (Å²) in [5.74, 6) is 1.45. The Balaban J connectivity index is 1.76. The van der Waals surface area contributed by atoms with E-state index in [2.05, 4.69) is 45.2 Å². The first-order chi connectivity index (χ1) is 8.83. The third-order valence-electron chi connectivity index (χ3n) is 3.38. The maximum Gasteiger partial charge on any atom is 0.149 e. The summed E-state index contributed by atoms with van der Waals surface area (Å²) in [4.78, 5) is 10.6. The summed E-state index contributed by atoms with van der Waals surface area (Å²) in [5, 5.41) is 0.454. The molecule has 1 aliphatic heterocycles. The second kappa shape index (κ2) is 4.94. The molecule has 2 heterocycles. The van der Waals surface area contributed by atoms with Gasteiger partial charge >= 0.3 is 0 Å². The summed E-state index contributed by atoms with van der Waals surface area (Å²) in [6, 6.07) is 10.6. The van der Waals surface area contributed by atoms with Crippen molar-refractivity contribution in [1.82, 2.24) is 9.97 Å². The third-order valence-corrected chi connectivity index (χ3v) is 3.56. The quantitative estimate of drug-likeness (QED) is 0.830. The van der Waals surface area contributed by atoms with E-state index in [0.29, 0.717) is 11.1 Å². The lowest BCUT2D eigenvalue weighted by Gasteiger charge is -2.17. The van der Waals surface area contributed by atoms with Gasteiger partial charge in [-0.25, -0.2) is 4.98 Å². The summed E-state index contributed by atoms with van der Waals surface area (Å²) >= 11 is 5.88. The molecule has 1 saturated heterocycles. The molecule has 0 bridgehead atoms. The molecule has 2 aromatic rings. The van der Waals surface area contributed by atoms with Crippen LogP contribution in [0.3, 0.4) is 0 Å². The molecule has 3 nitrogen and oxygen atoms in total. The van der Waals surface area contributed by atoms with Gasteiger partial charge in [0.05, 0.1) is 12.4 Å². The van der Waals surface area contributed by atoms with Crippen LogP contribution in [-0.4, -0.2) is 23.1 Å². The molecule has 1 aliphatic rings. The molecule has 0 radical (unpaired) electrons. The molecule has 0 spiro atoms. The minimum atomic E-state index is 0.454. The van der Waals surface area contributed by atoms with Gasteiger partial charge in [-0.05, 0) is 12.0 Å². The van der Waals surface area contributed by atoms with Gasteiger partial charge in [-0.1, -0.05) is 41.9 Å². The van der Waals surface area contributed by atoms with E-state index in [1.54, 1.807) is 12.4 Å². The number of anilines is 1. The van der Waals surface area contributed by atoms with Crippen molar-refractivity contribution in [2.24, 2.45) is 0 Å². The van der Waals surface area contributed by atoms with E-state index in [-0.39, 0.29) is 0 Å². The molecule has 4 heteroatoms. The lowest BCUT2D eigenvalue weighted by atomic mass is 9.99. The average molecular weight is 260 g/mol. The Labute approximate surface area is 111 Å². The van der Waals surface area contributed by atoms with Crippen LogP contribution < -0.4 is 4.90 Å². The lowest BCUT2D eigenvalue weighted by Crippen LogP contribution is -2.20. The second-order valence-corrected chi connectivity index (χ2v) is 4.93. The van der Waals surface area contributed by atoms with Gasteiger partial charge < -0.3 is 4.90 Å². The fraction of sp³-hybridized carbons (Fsp3) is 0.286. The number of nitrogens with zero attached hydrogens (tertiary/aromatic N) is 3. The molecule has 0 aliphatic carbocycles. The zero-order valence-corrected chi connectivity index (χ0v) is 10.7. The number of benzene rings is 1. The van der Waals surface area contributed by atoms with Gasteiger partial charge in [0.2, 0.25) is 0 Å². The van der Waals surface area contributed by atoms with Gasteiger partial charge in [-0.15, -0.1) is 0 Å². The summed E-state index contributed by atoms with van der Waals surface area (Å²) < 4.78 is 0. The minimum absolute atomic E-state index is 0.454. The van der Waals surface area contributed by atoms with E-state index in [1.165, 1.54) is 5.56 Å². The number of rotatable bonds is 2. The highest BCUT2D eigenvalue weighted by molar-refractivity contribution is 6.29. The van der Waals surface area contributed by atoms with Crippen molar-refractivity contribution in [3.05, 3.63) is 53.4 Å². The highest BCUT2D eigenvalue weighted by Crippen LogP contribution is 2.29. The minimum Gasteiger partial charge on any atom is -0.355 e. The van der Waals surface area contributed by atoms with Crippen LogP contribution in [0.15, 0.2) is 42.7 Å². The van der Waals surface area contributed by atoms with E-state index >= 15 is 0 Å². The summed E-state index contributed by atoms with van der Waals surface area (Å²) in [5.41, 5.74) is 1.40. The molecule has 1 aromatic heterocycles. The Morgan fingerprint density at radius 3 is 2.78 bits per heavy atom. The standard InChI is InChI=1S/C14H14ClN3/c15-13-8-16-9-14(17-13)18-7-6-12(10-18)11-4-2-1-3-5-11/h1-5,8-9,12H,6-7,10H2. The molecule has 0 amide bonds. The highest BCUT2D eigenvalue weighted by atomic mass is 35.5. The fourth-order valence-corrected chi connectivity index (χ4v) is 2.59. The van der Waals surface area contributed by atoms with Crippen molar-refractivity contribution in [2.45, 2.75) is 12.3 Å². The Bertz CT molecular complexity index is 530. The lowest BCUT2D eigenvalue weighted by molar-refractivity contribution is 0.774. The van der Waals surface area contributed by atoms with Crippen LogP contribution in [0, 0.1) is 0 Å². The molecule has 0 saturated carbocycles. The predicted octanol–water partition coefficient (Wildman–Crippen LogP) is 3.12. The molecule has 1 aromatic carbocycles. The van der Waals surface area contributed by atoms with Gasteiger partial charge in [0.15, 0.2) is 0 Å². The van der Waals surface area contributed by atoms with Crippen molar-refractivity contribution in [1.29, 1.82) is 0 Å². The van der Waals surface area contributed by atoms with E-state index in [0.717, 1.165) is 25.3 Å². The zero-order chi connectivity index (χ0) is 12.4. The van der Waals surface area contributed by atoms with Crippen LogP contribution in [0.4, 0.5) is 5.82 Å². The Hall–Kier alpha value is -1.61. The van der Waals surface area contributed by atoms with E-state index in [1.807, 2.05) is 0 Å². The maximum absolute atomic E-state index is 5.88. The van der Waals surface area contributed by atoms with Crippen LogP contribution in [0.25, 0.3) is 0 Å². The number of halogens is 1. The largest absolute Gasteiger partial charge is 0.355 e. The topological polar surface area (TPSA) is 29.0 Å². The van der Waals surface area contributed by atoms with Crippen LogP contribution in [0.2, 0.25) is 5.15 Å². The summed E-state index contributed by atoms with van der Waals surface area (Å²) in [7, 11) is 0. The smallest absolute Gasteiger partial charge is 0.149 e. The zero-order valence-electron chi connectivity index (χ0n) is 9.96. The van der Waals surface area contributed by atoms with Crippen molar-refractivity contribution in [2.75, 3.05) is 18.0 Å². The average Bonchev–Trinajstić information content (AvgIpc) is 2.89. The van der Waals surface area contributed by atoms with Crippen LogP contribution in [-0.2, 0) is 0 Å². The number of hydrogen-bond acceptors (Lipinski definition) is 3. The first-order valence-electron chi connectivity index (χ1n) is 6.10. The van der Waals surface area contributed by atoms with Gasteiger partial charge in [0.1, 0.15) is 11.0 Å². The first kappa shape index (κ1) is 11.5. The van der Waals surface area contributed by atoms with Gasteiger partial charge in [-0.2, -0.15) is 0 Å². The van der Waals surface area contributed by atoms with E-state index < -0.39 is 0 Å². The van der Waals surface area contributed by atoms with Gasteiger partial charge in [0, 0.05) is 19.0 Å². The predicted molar refractivity (Wildman–Crippen MR) is 73.1 cm³/mol. The van der Waals surface area contributed by atoms with Crippen molar-refractivity contribution < 1.29 is 0 Å². The Kier molecular flexibility index (Phi) is 3.15. The van der Waals surface area contributed by atoms with E-state index in [9.17, 15) is 0 Å².